The van der Waals surface area contributed by atoms with Crippen LogP contribution in [-0.4, -0.2) is 12.4 Å². The minimum atomic E-state index is 0.309. The number of rotatable bonds is 6. The summed E-state index contributed by atoms with van der Waals surface area (Å²) in [6.07, 6.45) is 3.50. The van der Waals surface area contributed by atoms with Gasteiger partial charge in [0.05, 0.1) is 7.11 Å². The number of methoxy groups -OCH3 is 1. The lowest BCUT2D eigenvalue weighted by Crippen LogP contribution is -2.21. The first-order chi connectivity index (χ1) is 8.04. The summed E-state index contributed by atoms with van der Waals surface area (Å²) < 4.78 is 6.45. The fourth-order valence-electron chi connectivity index (χ4n) is 2.08. The zero-order valence-corrected chi connectivity index (χ0v) is 13.9. The zero-order chi connectivity index (χ0) is 12.9. The molecule has 0 bridgehead atoms. The summed E-state index contributed by atoms with van der Waals surface area (Å²) in [5.74, 6) is 0.927. The molecule has 0 aliphatic heterocycles. The summed E-state index contributed by atoms with van der Waals surface area (Å²) in [6, 6.07) is 6.17. The lowest BCUT2D eigenvalue weighted by molar-refractivity contribution is 0.339. The van der Waals surface area contributed by atoms with Crippen LogP contribution in [0.25, 0.3) is 0 Å². The molecule has 1 aromatic rings. The maximum Gasteiger partial charge on any atom is 0.119 e. The number of halogens is 2. The van der Waals surface area contributed by atoms with Gasteiger partial charge in [-0.3, -0.25) is 0 Å². The maximum absolute atomic E-state index is 5.29. The largest absolute Gasteiger partial charge is 0.497 e. The van der Waals surface area contributed by atoms with Crippen molar-refractivity contribution >= 4 is 31.9 Å². The third kappa shape index (κ3) is 4.29. The first kappa shape index (κ1) is 15.0. The van der Waals surface area contributed by atoms with Crippen molar-refractivity contribution in [1.29, 1.82) is 0 Å². The topological polar surface area (TPSA) is 9.23 Å². The Labute approximate surface area is 121 Å². The molecule has 3 heteroatoms. The second-order valence-electron chi connectivity index (χ2n) is 4.83. The van der Waals surface area contributed by atoms with Gasteiger partial charge in [-0.1, -0.05) is 52.1 Å². The van der Waals surface area contributed by atoms with E-state index < -0.39 is 0 Å². The van der Waals surface area contributed by atoms with E-state index in [4.69, 9.17) is 4.74 Å². The van der Waals surface area contributed by atoms with E-state index in [-0.39, 0.29) is 0 Å². The molecule has 0 spiro atoms. The fraction of sp³-hybridized carbons (Fsp3) is 0.571. The van der Waals surface area contributed by atoms with Crippen LogP contribution in [0.3, 0.4) is 0 Å². The summed E-state index contributed by atoms with van der Waals surface area (Å²) in [4.78, 5) is 0. The van der Waals surface area contributed by atoms with Gasteiger partial charge in [0.25, 0.3) is 0 Å². The Morgan fingerprint density at radius 3 is 2.59 bits per heavy atom. The lowest BCUT2D eigenvalue weighted by Gasteiger charge is -2.27. The van der Waals surface area contributed by atoms with E-state index in [1.54, 1.807) is 7.11 Å². The summed E-state index contributed by atoms with van der Waals surface area (Å²) in [6.45, 7) is 4.57. The van der Waals surface area contributed by atoms with Crippen molar-refractivity contribution in [3.05, 3.63) is 28.2 Å². The van der Waals surface area contributed by atoms with Gasteiger partial charge in [0.2, 0.25) is 0 Å². The van der Waals surface area contributed by atoms with Crippen LogP contribution in [0.4, 0.5) is 0 Å². The Bertz CT molecular complexity index is 365. The van der Waals surface area contributed by atoms with Crippen LogP contribution in [0.2, 0.25) is 0 Å². The third-order valence-electron chi connectivity index (χ3n) is 3.05. The average Bonchev–Trinajstić information content (AvgIpc) is 2.32. The van der Waals surface area contributed by atoms with Gasteiger partial charge in [-0.05, 0) is 42.0 Å². The zero-order valence-electron chi connectivity index (χ0n) is 10.7. The smallest absolute Gasteiger partial charge is 0.119 e. The maximum atomic E-state index is 5.29. The summed E-state index contributed by atoms with van der Waals surface area (Å²) in [7, 11) is 1.71. The van der Waals surface area contributed by atoms with E-state index in [1.165, 1.54) is 22.9 Å². The molecule has 1 atom stereocenters. The van der Waals surface area contributed by atoms with Gasteiger partial charge in [-0.15, -0.1) is 0 Å². The van der Waals surface area contributed by atoms with E-state index in [9.17, 15) is 0 Å². The number of hydrogen-bond acceptors (Lipinski definition) is 1. The van der Waals surface area contributed by atoms with E-state index in [0.29, 0.717) is 5.41 Å². The standard InChI is InChI=1S/C14H20Br2O/c1-4-7-14(2,10-15)9-11-8-12(17-3)5-6-13(11)16/h5-6,8H,4,7,9-10H2,1-3H3. The molecule has 0 saturated heterocycles. The van der Waals surface area contributed by atoms with Crippen molar-refractivity contribution in [3.63, 3.8) is 0 Å². The van der Waals surface area contributed by atoms with E-state index in [0.717, 1.165) is 17.5 Å². The minimum absolute atomic E-state index is 0.309. The van der Waals surface area contributed by atoms with Crippen molar-refractivity contribution in [3.8, 4) is 5.75 Å². The molecular weight excluding hydrogens is 344 g/mol. The normalized spacial score (nSPS) is 14.4. The van der Waals surface area contributed by atoms with Crippen molar-refractivity contribution < 1.29 is 4.74 Å². The highest BCUT2D eigenvalue weighted by Gasteiger charge is 2.23. The molecule has 0 aliphatic rings. The SMILES string of the molecule is CCCC(C)(CBr)Cc1cc(OC)ccc1Br. The monoisotopic (exact) mass is 362 g/mol. The molecule has 1 nitrogen and oxygen atoms in total. The molecule has 0 fully saturated rings. The second kappa shape index (κ2) is 6.79. The first-order valence-corrected chi connectivity index (χ1v) is 7.84. The second-order valence-corrected chi connectivity index (χ2v) is 6.24. The fourth-order valence-corrected chi connectivity index (χ4v) is 2.94. The van der Waals surface area contributed by atoms with Crippen LogP contribution in [-0.2, 0) is 6.42 Å². The van der Waals surface area contributed by atoms with Gasteiger partial charge >= 0.3 is 0 Å². The van der Waals surface area contributed by atoms with Gasteiger partial charge in [-0.2, -0.15) is 0 Å². The highest BCUT2D eigenvalue weighted by molar-refractivity contribution is 9.10. The van der Waals surface area contributed by atoms with Crippen LogP contribution in [0.5, 0.6) is 5.75 Å². The molecule has 0 aromatic heterocycles. The molecule has 0 N–H and O–H groups in total. The van der Waals surface area contributed by atoms with Crippen LogP contribution in [0.15, 0.2) is 22.7 Å². The Morgan fingerprint density at radius 2 is 2.06 bits per heavy atom. The molecular formula is C14H20Br2O. The van der Waals surface area contributed by atoms with Crippen molar-refractivity contribution in [1.82, 2.24) is 0 Å². The molecule has 1 rings (SSSR count). The number of alkyl halides is 1. The first-order valence-electron chi connectivity index (χ1n) is 5.93. The van der Waals surface area contributed by atoms with Crippen LogP contribution < -0.4 is 4.74 Å². The predicted molar refractivity (Wildman–Crippen MR) is 81.2 cm³/mol. The number of benzene rings is 1. The van der Waals surface area contributed by atoms with Gasteiger partial charge in [0.1, 0.15) is 5.75 Å². The Balaban J connectivity index is 2.92. The Kier molecular flexibility index (Phi) is 6.01. The highest BCUT2D eigenvalue weighted by atomic mass is 79.9. The molecule has 0 radical (unpaired) electrons. The van der Waals surface area contributed by atoms with Gasteiger partial charge < -0.3 is 4.74 Å². The highest BCUT2D eigenvalue weighted by Crippen LogP contribution is 2.34. The molecule has 0 heterocycles. The van der Waals surface area contributed by atoms with Gasteiger partial charge in [0.15, 0.2) is 0 Å². The van der Waals surface area contributed by atoms with Crippen molar-refractivity contribution in [2.75, 3.05) is 12.4 Å². The molecule has 0 saturated carbocycles. The minimum Gasteiger partial charge on any atom is -0.497 e. The average molecular weight is 364 g/mol. The number of hydrogen-bond donors (Lipinski definition) is 0. The Hall–Kier alpha value is -0.0200. The molecule has 1 unspecified atom stereocenters. The van der Waals surface area contributed by atoms with Crippen LogP contribution in [0, 0.1) is 5.41 Å². The van der Waals surface area contributed by atoms with Gasteiger partial charge in [-0.25, -0.2) is 0 Å². The van der Waals surface area contributed by atoms with E-state index in [1.807, 2.05) is 6.07 Å². The lowest BCUT2D eigenvalue weighted by atomic mass is 9.82. The Morgan fingerprint density at radius 1 is 1.35 bits per heavy atom. The van der Waals surface area contributed by atoms with Crippen molar-refractivity contribution in [2.24, 2.45) is 5.41 Å². The summed E-state index contributed by atoms with van der Waals surface area (Å²) >= 11 is 7.27. The van der Waals surface area contributed by atoms with Gasteiger partial charge in [0, 0.05) is 9.80 Å². The van der Waals surface area contributed by atoms with E-state index >= 15 is 0 Å². The molecule has 0 aliphatic carbocycles. The molecule has 96 valence electrons. The molecule has 1 aromatic carbocycles. The van der Waals surface area contributed by atoms with E-state index in [2.05, 4.69) is 57.8 Å². The summed E-state index contributed by atoms with van der Waals surface area (Å²) in [5.41, 5.74) is 1.63. The van der Waals surface area contributed by atoms with Crippen LogP contribution in [0.1, 0.15) is 32.3 Å². The molecule has 17 heavy (non-hydrogen) atoms. The quantitative estimate of drug-likeness (QED) is 0.631. The number of ether oxygens (including phenoxy) is 1. The van der Waals surface area contributed by atoms with Crippen LogP contribution >= 0.6 is 31.9 Å². The molecule has 0 amide bonds. The summed E-state index contributed by atoms with van der Waals surface area (Å²) in [5, 5.41) is 1.03. The van der Waals surface area contributed by atoms with Crippen molar-refractivity contribution in [2.45, 2.75) is 33.1 Å². The third-order valence-corrected chi connectivity index (χ3v) is 5.17. The predicted octanol–water partition coefficient (Wildman–Crippen LogP) is 5.20.